The Morgan fingerprint density at radius 2 is 2.14 bits per heavy atom. The minimum Gasteiger partial charge on any atom is -0.480 e. The summed E-state index contributed by atoms with van der Waals surface area (Å²) in [7, 11) is 1.47. The van der Waals surface area contributed by atoms with Crippen LogP contribution < -0.4 is 20.7 Å². The van der Waals surface area contributed by atoms with Crippen molar-refractivity contribution in [3.8, 4) is 11.6 Å². The largest absolute Gasteiger partial charge is 0.480 e. The Bertz CT molecular complexity index is 1500. The fraction of sp³-hybridized carbons (Fsp3) is 0.304. The third-order valence-electron chi connectivity index (χ3n) is 6.43. The van der Waals surface area contributed by atoms with E-state index in [1.807, 2.05) is 0 Å². The molecule has 0 unspecified atom stereocenters. The van der Waals surface area contributed by atoms with Gasteiger partial charge >= 0.3 is 0 Å². The molecule has 0 aliphatic carbocycles. The molecular weight excluding hydrogens is 484 g/mol. The van der Waals surface area contributed by atoms with Gasteiger partial charge in [0, 0.05) is 30.1 Å². The van der Waals surface area contributed by atoms with E-state index in [-0.39, 0.29) is 19.0 Å². The number of amides is 2. The Hall–Kier alpha value is -4.56. The number of carbonyl (C=O) groups excluding carboxylic acids is 2. The number of aromatic nitrogens is 5. The lowest BCUT2D eigenvalue weighted by Gasteiger charge is -2.45. The highest BCUT2D eigenvalue weighted by Crippen LogP contribution is 2.34. The number of rotatable bonds is 6. The van der Waals surface area contributed by atoms with Crippen molar-refractivity contribution in [2.75, 3.05) is 36.2 Å². The summed E-state index contributed by atoms with van der Waals surface area (Å²) in [4.78, 5) is 28.2. The lowest BCUT2D eigenvalue weighted by atomic mass is 9.82. The number of fused-ring (bicyclic) bond motifs is 1. The van der Waals surface area contributed by atoms with Crippen LogP contribution in [0.15, 0.2) is 47.2 Å². The van der Waals surface area contributed by atoms with Gasteiger partial charge in [-0.3, -0.25) is 14.5 Å². The number of nitrogens with zero attached hydrogens (tertiary/aromatic N) is 6. The van der Waals surface area contributed by atoms with Gasteiger partial charge in [-0.05, 0) is 26.0 Å². The number of carbonyl (C=O) groups is 2. The van der Waals surface area contributed by atoms with Crippen LogP contribution in [-0.4, -0.2) is 73.5 Å². The molecule has 1 aromatic carbocycles. The van der Waals surface area contributed by atoms with Crippen molar-refractivity contribution < 1.29 is 28.7 Å². The average molecular weight is 508 g/mol. The fourth-order valence-corrected chi connectivity index (χ4v) is 4.00. The van der Waals surface area contributed by atoms with Crippen LogP contribution in [-0.2, 0) is 14.3 Å². The fourth-order valence-electron chi connectivity index (χ4n) is 4.00. The van der Waals surface area contributed by atoms with Crippen LogP contribution in [0.25, 0.3) is 16.7 Å². The second kappa shape index (κ2) is 8.83. The van der Waals surface area contributed by atoms with Gasteiger partial charge in [-0.15, -0.1) is 10.2 Å². The topological polar surface area (TPSA) is 184 Å². The minimum absolute atomic E-state index is 0.0620. The summed E-state index contributed by atoms with van der Waals surface area (Å²) in [5.41, 5.74) is 2.79. The Morgan fingerprint density at radius 1 is 1.32 bits per heavy atom. The van der Waals surface area contributed by atoms with Gasteiger partial charge in [-0.1, -0.05) is 5.16 Å². The van der Waals surface area contributed by atoms with Crippen molar-refractivity contribution in [3.05, 3.63) is 42.7 Å². The summed E-state index contributed by atoms with van der Waals surface area (Å²) < 4.78 is 17.5. The van der Waals surface area contributed by atoms with Crippen LogP contribution in [0.5, 0.6) is 5.88 Å². The first-order valence-electron chi connectivity index (χ1n) is 11.2. The van der Waals surface area contributed by atoms with Crippen molar-refractivity contribution in [2.24, 2.45) is 0 Å². The first-order valence-corrected chi connectivity index (χ1v) is 11.2. The quantitative estimate of drug-likeness (QED) is 0.336. The van der Waals surface area contributed by atoms with E-state index in [0.29, 0.717) is 34.0 Å². The molecule has 1 saturated heterocycles. The van der Waals surface area contributed by atoms with E-state index in [9.17, 15) is 14.7 Å². The second-order valence-corrected chi connectivity index (χ2v) is 8.72. The van der Waals surface area contributed by atoms with Crippen molar-refractivity contribution in [3.63, 3.8) is 0 Å². The van der Waals surface area contributed by atoms with Crippen LogP contribution in [0.2, 0.25) is 0 Å². The Kier molecular flexibility index (Phi) is 5.76. The Morgan fingerprint density at radius 3 is 2.92 bits per heavy atom. The number of ether oxygens (including phenoxy) is 2. The SMILES string of the molecule is COc1cc(-n2ccc(N3CCO[C@@](C)([C@@](C)(O)C(=O)Nc4ccc5c(N)noc5c4)C3=O)n2)cnn1. The molecule has 4 heterocycles. The first kappa shape index (κ1) is 24.1. The highest BCUT2D eigenvalue weighted by atomic mass is 16.5. The summed E-state index contributed by atoms with van der Waals surface area (Å²) in [6.07, 6.45) is 3.13. The highest BCUT2D eigenvalue weighted by Gasteiger charge is 2.58. The van der Waals surface area contributed by atoms with E-state index < -0.39 is 23.0 Å². The monoisotopic (exact) mass is 508 g/mol. The van der Waals surface area contributed by atoms with Gasteiger partial charge < -0.3 is 30.2 Å². The molecule has 1 aliphatic heterocycles. The van der Waals surface area contributed by atoms with Crippen LogP contribution in [0.4, 0.5) is 17.3 Å². The lowest BCUT2D eigenvalue weighted by molar-refractivity contribution is -0.190. The van der Waals surface area contributed by atoms with E-state index in [1.165, 1.54) is 42.8 Å². The molecule has 1 fully saturated rings. The molecule has 1 aliphatic rings. The lowest BCUT2D eigenvalue weighted by Crippen LogP contribution is -2.69. The molecule has 0 spiro atoms. The van der Waals surface area contributed by atoms with E-state index in [0.717, 1.165) is 0 Å². The summed E-state index contributed by atoms with van der Waals surface area (Å²) in [6.45, 7) is 2.83. The van der Waals surface area contributed by atoms with E-state index in [2.05, 4.69) is 25.8 Å². The molecule has 4 N–H and O–H groups in total. The standard InChI is InChI=1S/C23H24N8O6/c1-22(34,20(32)26-13-4-5-15-16(10-13)37-29-19(15)24)23(2)21(33)30(8-9-36-23)17-6-7-31(28-17)14-11-18(35-3)27-25-12-14/h4-7,10-12,34H,8-9H2,1-3H3,(H2,24,29)(H,26,32)/t22-,23+/m0/s1. The number of nitrogens with one attached hydrogen (secondary N) is 1. The Balaban J connectivity index is 1.38. The predicted molar refractivity (Wildman–Crippen MR) is 130 cm³/mol. The maximum absolute atomic E-state index is 13.6. The molecule has 0 bridgehead atoms. The van der Waals surface area contributed by atoms with Crippen LogP contribution in [0.1, 0.15) is 13.8 Å². The van der Waals surface area contributed by atoms with Gasteiger partial charge in [-0.25, -0.2) is 4.68 Å². The van der Waals surface area contributed by atoms with Gasteiger partial charge in [0.25, 0.3) is 11.8 Å². The number of nitrogens with two attached hydrogens (primary N) is 1. The third kappa shape index (κ3) is 4.01. The van der Waals surface area contributed by atoms with Crippen molar-refractivity contribution in [2.45, 2.75) is 25.0 Å². The number of hydrogen-bond donors (Lipinski definition) is 3. The van der Waals surface area contributed by atoms with Gasteiger partial charge in [-0.2, -0.15) is 5.10 Å². The maximum atomic E-state index is 13.6. The molecule has 14 nitrogen and oxygen atoms in total. The molecule has 2 amide bonds. The minimum atomic E-state index is -2.26. The molecule has 0 saturated carbocycles. The molecule has 5 rings (SSSR count). The molecule has 2 atom stereocenters. The molecule has 0 radical (unpaired) electrons. The zero-order chi connectivity index (χ0) is 26.4. The van der Waals surface area contributed by atoms with E-state index in [4.69, 9.17) is 19.7 Å². The first-order chi connectivity index (χ1) is 17.6. The molecule has 14 heteroatoms. The van der Waals surface area contributed by atoms with Crippen molar-refractivity contribution >= 4 is 40.1 Å². The number of aliphatic hydroxyl groups is 1. The third-order valence-corrected chi connectivity index (χ3v) is 6.43. The van der Waals surface area contributed by atoms with Gasteiger partial charge in [0.15, 0.2) is 28.4 Å². The van der Waals surface area contributed by atoms with Crippen molar-refractivity contribution in [1.82, 2.24) is 25.1 Å². The molecule has 3 aromatic heterocycles. The van der Waals surface area contributed by atoms with E-state index >= 15 is 0 Å². The average Bonchev–Trinajstić information content (AvgIpc) is 3.53. The van der Waals surface area contributed by atoms with Gasteiger partial charge in [0.1, 0.15) is 0 Å². The van der Waals surface area contributed by atoms with Crippen molar-refractivity contribution in [1.29, 1.82) is 0 Å². The summed E-state index contributed by atoms with van der Waals surface area (Å²) >= 11 is 0. The molecule has 192 valence electrons. The highest BCUT2D eigenvalue weighted by molar-refractivity contribution is 6.08. The summed E-state index contributed by atoms with van der Waals surface area (Å²) in [5, 5.41) is 30.3. The molecular formula is C23H24N8O6. The Labute approximate surface area is 209 Å². The van der Waals surface area contributed by atoms with Crippen LogP contribution in [0, 0.1) is 0 Å². The number of methoxy groups -OCH3 is 1. The molecule has 4 aromatic rings. The van der Waals surface area contributed by atoms with Gasteiger partial charge in [0.2, 0.25) is 5.88 Å². The second-order valence-electron chi connectivity index (χ2n) is 8.72. The smallest absolute Gasteiger partial charge is 0.263 e. The maximum Gasteiger partial charge on any atom is 0.263 e. The predicted octanol–water partition coefficient (Wildman–Crippen LogP) is 0.906. The molecule has 37 heavy (non-hydrogen) atoms. The van der Waals surface area contributed by atoms with Crippen LogP contribution in [0.3, 0.4) is 0 Å². The number of nitrogen functional groups attached to an aromatic ring is 1. The number of hydrogen-bond acceptors (Lipinski definition) is 11. The van der Waals surface area contributed by atoms with Crippen LogP contribution >= 0.6 is 0 Å². The zero-order valence-corrected chi connectivity index (χ0v) is 20.2. The van der Waals surface area contributed by atoms with E-state index in [1.54, 1.807) is 30.5 Å². The normalized spacial score (nSPS) is 19.6. The number of benzene rings is 1. The zero-order valence-electron chi connectivity index (χ0n) is 20.2. The number of anilines is 3. The van der Waals surface area contributed by atoms with Gasteiger partial charge in [0.05, 0.1) is 37.5 Å². The summed E-state index contributed by atoms with van der Waals surface area (Å²) in [5.74, 6) is -0.654. The number of morpholine rings is 1. The summed E-state index contributed by atoms with van der Waals surface area (Å²) in [6, 6.07) is 7.98.